The number of carboxylic acids is 1. The number of para-hydroxylation sites is 1. The Morgan fingerprint density at radius 3 is 3.16 bits per heavy atom. The summed E-state index contributed by atoms with van der Waals surface area (Å²) >= 11 is 0. The second-order valence-corrected chi connectivity index (χ2v) is 4.96. The van der Waals surface area contributed by atoms with Gasteiger partial charge in [0.2, 0.25) is 0 Å². The third-order valence-corrected chi connectivity index (χ3v) is 3.58. The monoisotopic (exact) mass is 260 g/mol. The number of hydrogen-bond acceptors (Lipinski definition) is 3. The molecule has 0 bridgehead atoms. The van der Waals surface area contributed by atoms with Crippen molar-refractivity contribution in [2.75, 3.05) is 13.2 Å². The van der Waals surface area contributed by atoms with E-state index in [4.69, 9.17) is 4.74 Å². The molecule has 1 saturated heterocycles. The van der Waals surface area contributed by atoms with Crippen molar-refractivity contribution in [3.63, 3.8) is 0 Å². The van der Waals surface area contributed by atoms with Crippen LogP contribution in [0.15, 0.2) is 24.5 Å². The van der Waals surface area contributed by atoms with Gasteiger partial charge in [-0.3, -0.25) is 0 Å². The molecule has 1 aliphatic heterocycles. The maximum Gasteiger partial charge on any atom is 0.337 e. The zero-order valence-electron chi connectivity index (χ0n) is 10.6. The molecule has 0 radical (unpaired) electrons. The number of aromatic carboxylic acids is 1. The van der Waals surface area contributed by atoms with Gasteiger partial charge in [0.15, 0.2) is 0 Å². The van der Waals surface area contributed by atoms with E-state index in [-0.39, 0.29) is 0 Å². The molecule has 5 nitrogen and oxygen atoms in total. The van der Waals surface area contributed by atoms with Crippen molar-refractivity contribution in [3.8, 4) is 0 Å². The van der Waals surface area contributed by atoms with Gasteiger partial charge in [-0.1, -0.05) is 6.07 Å². The van der Waals surface area contributed by atoms with Crippen LogP contribution in [0.2, 0.25) is 0 Å². The average Bonchev–Trinajstić information content (AvgIpc) is 2.83. The smallest absolute Gasteiger partial charge is 0.337 e. The molecule has 1 unspecified atom stereocenters. The number of carbonyl (C=O) groups is 1. The van der Waals surface area contributed by atoms with Crippen LogP contribution >= 0.6 is 0 Å². The molecule has 19 heavy (non-hydrogen) atoms. The number of nitrogens with zero attached hydrogens (tertiary/aromatic N) is 2. The minimum absolute atomic E-state index is 0.312. The summed E-state index contributed by atoms with van der Waals surface area (Å²) in [6.07, 6.45) is 3.92. The van der Waals surface area contributed by atoms with Crippen LogP contribution < -0.4 is 0 Å². The molecule has 1 aliphatic rings. The Balaban J connectivity index is 1.96. The summed E-state index contributed by atoms with van der Waals surface area (Å²) in [4.78, 5) is 15.6. The Morgan fingerprint density at radius 1 is 1.53 bits per heavy atom. The first kappa shape index (κ1) is 12.2. The van der Waals surface area contributed by atoms with Crippen molar-refractivity contribution in [3.05, 3.63) is 30.1 Å². The predicted molar refractivity (Wildman–Crippen MR) is 70.2 cm³/mol. The summed E-state index contributed by atoms with van der Waals surface area (Å²) in [5.74, 6) is -0.472. The molecular formula is C14H16N2O3. The largest absolute Gasteiger partial charge is 0.478 e. The third kappa shape index (κ3) is 2.33. The number of carboxylic acid groups (broad SMARTS) is 1. The summed E-state index contributed by atoms with van der Waals surface area (Å²) in [7, 11) is 0. The van der Waals surface area contributed by atoms with Gasteiger partial charge in [0, 0.05) is 19.1 Å². The van der Waals surface area contributed by atoms with Crippen molar-refractivity contribution >= 4 is 17.0 Å². The van der Waals surface area contributed by atoms with Crippen LogP contribution in [-0.2, 0) is 11.3 Å². The van der Waals surface area contributed by atoms with Crippen LogP contribution in [0.25, 0.3) is 11.0 Å². The van der Waals surface area contributed by atoms with Crippen LogP contribution in [-0.4, -0.2) is 33.8 Å². The Labute approximate surface area is 110 Å². The van der Waals surface area contributed by atoms with Crippen LogP contribution in [0.5, 0.6) is 0 Å². The lowest BCUT2D eigenvalue weighted by Gasteiger charge is -2.22. The highest BCUT2D eigenvalue weighted by atomic mass is 16.5. The van der Waals surface area contributed by atoms with Crippen molar-refractivity contribution in [2.45, 2.75) is 19.4 Å². The van der Waals surface area contributed by atoms with Crippen LogP contribution in [0.3, 0.4) is 0 Å². The second kappa shape index (κ2) is 5.01. The lowest BCUT2D eigenvalue weighted by Crippen LogP contribution is -2.22. The fourth-order valence-corrected chi connectivity index (χ4v) is 2.67. The molecule has 5 heteroatoms. The molecular weight excluding hydrogens is 244 g/mol. The first-order chi connectivity index (χ1) is 9.25. The van der Waals surface area contributed by atoms with E-state index in [0.717, 1.165) is 38.1 Å². The maximum atomic E-state index is 11.3. The van der Waals surface area contributed by atoms with Gasteiger partial charge in [0.25, 0.3) is 0 Å². The molecule has 2 aromatic rings. The molecule has 100 valence electrons. The van der Waals surface area contributed by atoms with Crippen LogP contribution in [0.4, 0.5) is 0 Å². The van der Waals surface area contributed by atoms with Gasteiger partial charge in [0.05, 0.1) is 29.5 Å². The number of benzene rings is 1. The summed E-state index contributed by atoms with van der Waals surface area (Å²) in [5, 5.41) is 9.27. The van der Waals surface area contributed by atoms with E-state index < -0.39 is 5.97 Å². The molecule has 1 N–H and O–H groups in total. The Morgan fingerprint density at radius 2 is 2.42 bits per heavy atom. The zero-order valence-corrected chi connectivity index (χ0v) is 10.6. The van der Waals surface area contributed by atoms with Crippen molar-refractivity contribution in [1.82, 2.24) is 9.55 Å². The highest BCUT2D eigenvalue weighted by Gasteiger charge is 2.18. The van der Waals surface area contributed by atoms with Gasteiger partial charge in [-0.05, 0) is 25.0 Å². The first-order valence-electron chi connectivity index (χ1n) is 6.50. The molecule has 1 fully saturated rings. The minimum Gasteiger partial charge on any atom is -0.478 e. The van der Waals surface area contributed by atoms with Gasteiger partial charge < -0.3 is 14.4 Å². The maximum absolute atomic E-state index is 11.3. The van der Waals surface area contributed by atoms with E-state index in [1.54, 1.807) is 18.5 Å². The fraction of sp³-hybridized carbons (Fsp3) is 0.429. The molecule has 2 heterocycles. The fourth-order valence-electron chi connectivity index (χ4n) is 2.67. The predicted octanol–water partition coefficient (Wildman–Crippen LogP) is 2.16. The van der Waals surface area contributed by atoms with Crippen molar-refractivity contribution in [1.29, 1.82) is 0 Å². The standard InChI is InChI=1S/C14H16N2O3/c17-14(18)11-4-1-5-12-13(11)16(9-15-12)7-10-3-2-6-19-8-10/h1,4-5,9-10H,2-3,6-8H2,(H,17,18). The number of fused-ring (bicyclic) bond motifs is 1. The molecule has 1 aromatic carbocycles. The molecule has 3 rings (SSSR count). The van der Waals surface area contributed by atoms with E-state index in [1.165, 1.54) is 0 Å². The summed E-state index contributed by atoms with van der Waals surface area (Å²) in [6.45, 7) is 2.34. The van der Waals surface area contributed by atoms with Crippen molar-refractivity contribution < 1.29 is 14.6 Å². The van der Waals surface area contributed by atoms with E-state index in [1.807, 2.05) is 10.6 Å². The van der Waals surface area contributed by atoms with Gasteiger partial charge in [-0.25, -0.2) is 9.78 Å². The van der Waals surface area contributed by atoms with Gasteiger partial charge in [-0.2, -0.15) is 0 Å². The lowest BCUT2D eigenvalue weighted by molar-refractivity contribution is 0.0487. The lowest BCUT2D eigenvalue weighted by atomic mass is 10.0. The second-order valence-electron chi connectivity index (χ2n) is 4.96. The van der Waals surface area contributed by atoms with Gasteiger partial charge >= 0.3 is 5.97 Å². The zero-order chi connectivity index (χ0) is 13.2. The molecule has 1 aromatic heterocycles. The number of imidazole rings is 1. The first-order valence-corrected chi connectivity index (χ1v) is 6.50. The SMILES string of the molecule is O=C(O)c1cccc2ncn(CC3CCCOC3)c12. The van der Waals surface area contributed by atoms with Gasteiger partial charge in [0.1, 0.15) is 0 Å². The normalized spacial score (nSPS) is 19.7. The number of ether oxygens (including phenoxy) is 1. The summed E-state index contributed by atoms with van der Waals surface area (Å²) in [6, 6.07) is 5.20. The van der Waals surface area contributed by atoms with Crippen LogP contribution in [0.1, 0.15) is 23.2 Å². The summed E-state index contributed by atoms with van der Waals surface area (Å²) < 4.78 is 7.41. The quantitative estimate of drug-likeness (QED) is 0.918. The Hall–Kier alpha value is -1.88. The number of hydrogen-bond donors (Lipinski definition) is 1. The molecule has 0 spiro atoms. The highest BCUT2D eigenvalue weighted by Crippen LogP contribution is 2.22. The molecule has 0 amide bonds. The van der Waals surface area contributed by atoms with Gasteiger partial charge in [-0.15, -0.1) is 0 Å². The minimum atomic E-state index is -0.910. The Kier molecular flexibility index (Phi) is 3.21. The Bertz CT molecular complexity index is 600. The molecule has 1 atom stereocenters. The van der Waals surface area contributed by atoms with E-state index in [9.17, 15) is 9.90 Å². The van der Waals surface area contributed by atoms with E-state index in [2.05, 4.69) is 4.98 Å². The molecule has 0 saturated carbocycles. The van der Waals surface area contributed by atoms with E-state index in [0.29, 0.717) is 17.0 Å². The number of rotatable bonds is 3. The van der Waals surface area contributed by atoms with Crippen molar-refractivity contribution in [2.24, 2.45) is 5.92 Å². The molecule has 0 aliphatic carbocycles. The third-order valence-electron chi connectivity index (χ3n) is 3.58. The topological polar surface area (TPSA) is 64.3 Å². The van der Waals surface area contributed by atoms with E-state index >= 15 is 0 Å². The van der Waals surface area contributed by atoms with Crippen LogP contribution in [0, 0.1) is 5.92 Å². The average molecular weight is 260 g/mol. The number of aromatic nitrogens is 2. The summed E-state index contributed by atoms with van der Waals surface area (Å²) in [5.41, 5.74) is 1.75. The highest BCUT2D eigenvalue weighted by molar-refractivity contribution is 6.01.